The normalized spacial score (nSPS) is 15.2. The Kier molecular flexibility index (Phi) is 3.83. The molecule has 0 saturated heterocycles. The molecule has 0 heterocycles. The van der Waals surface area contributed by atoms with E-state index in [-0.39, 0.29) is 5.41 Å². The van der Waals surface area contributed by atoms with E-state index >= 15 is 0 Å². The zero-order valence-electron chi connectivity index (χ0n) is 16.1. The molecule has 1 radical (unpaired) electrons. The Morgan fingerprint density at radius 1 is 1.04 bits per heavy atom. The van der Waals surface area contributed by atoms with Crippen LogP contribution in [0.25, 0.3) is 17.2 Å². The smallest absolute Gasteiger partial charge is 0.267 e. The molecule has 4 rings (SSSR count). The maximum Gasteiger partial charge on any atom is 0.269 e. The fourth-order valence-electron chi connectivity index (χ4n) is 4.22. The molecule has 1 amide bonds. The molecule has 0 spiro atoms. The molecule has 2 heteroatoms. The number of nitrogens with one attached hydrogen (secondary N) is 1. The number of benzene rings is 2. The number of hydrogen-bond acceptors (Lipinski definition) is 1. The van der Waals surface area contributed by atoms with Gasteiger partial charge in [-0.25, -0.2) is 0 Å². The Morgan fingerprint density at radius 3 is 2.35 bits per heavy atom. The van der Waals surface area contributed by atoms with E-state index in [9.17, 15) is 4.79 Å². The maximum absolute atomic E-state index is 11.6. The van der Waals surface area contributed by atoms with E-state index in [4.69, 9.17) is 5.73 Å². The standard InChI is InChI=1S/C24H26NO/c1-5-14-10-15-12-16(24(2,3)4)13-22(21(15)11-14)19-8-9-20(23(25)26)18-7-6-17(18)19/h8-10,12-13,25H,5-7,11H2,1-4H3. The third kappa shape index (κ3) is 2.59. The Hall–Kier alpha value is -2.35. The number of rotatable bonds is 3. The minimum absolute atomic E-state index is 0.0940. The molecule has 2 aromatic rings. The Morgan fingerprint density at radius 2 is 1.77 bits per heavy atom. The first-order chi connectivity index (χ1) is 12.3. The van der Waals surface area contributed by atoms with Gasteiger partial charge in [-0.05, 0) is 76.1 Å². The SMILES string of the molecule is CCC1=Cc2cc(C(C)(C)C)cc(-c3ccc(C([NH])=O)c4c3CC4)c2C1. The summed E-state index contributed by atoms with van der Waals surface area (Å²) in [5, 5.41) is 0. The van der Waals surface area contributed by atoms with E-state index in [1.165, 1.54) is 39.0 Å². The van der Waals surface area contributed by atoms with Crippen LogP contribution < -0.4 is 5.73 Å². The van der Waals surface area contributed by atoms with Gasteiger partial charge in [0.2, 0.25) is 0 Å². The first kappa shape index (κ1) is 17.1. The van der Waals surface area contributed by atoms with Crippen LogP contribution in [0, 0.1) is 0 Å². The molecule has 2 aromatic carbocycles. The van der Waals surface area contributed by atoms with Gasteiger partial charge < -0.3 is 0 Å². The zero-order chi connectivity index (χ0) is 18.6. The lowest BCUT2D eigenvalue weighted by molar-refractivity contribution is 0.0990. The first-order valence-electron chi connectivity index (χ1n) is 9.57. The van der Waals surface area contributed by atoms with Crippen molar-refractivity contribution in [1.29, 1.82) is 0 Å². The highest BCUT2D eigenvalue weighted by Crippen LogP contribution is 2.43. The predicted octanol–water partition coefficient (Wildman–Crippen LogP) is 5.52. The van der Waals surface area contributed by atoms with E-state index < -0.39 is 5.91 Å². The van der Waals surface area contributed by atoms with Gasteiger partial charge in [0.15, 0.2) is 0 Å². The van der Waals surface area contributed by atoms with Crippen molar-refractivity contribution in [2.45, 2.75) is 58.8 Å². The molecule has 0 atom stereocenters. The summed E-state index contributed by atoms with van der Waals surface area (Å²) in [4.78, 5) is 11.6. The van der Waals surface area contributed by atoms with Gasteiger partial charge in [0.25, 0.3) is 5.91 Å². The largest absolute Gasteiger partial charge is 0.269 e. The highest BCUT2D eigenvalue weighted by molar-refractivity contribution is 5.96. The van der Waals surface area contributed by atoms with Crippen LogP contribution in [-0.4, -0.2) is 5.91 Å². The lowest BCUT2D eigenvalue weighted by atomic mass is 9.76. The van der Waals surface area contributed by atoms with Crippen molar-refractivity contribution in [3.8, 4) is 11.1 Å². The van der Waals surface area contributed by atoms with Crippen LogP contribution >= 0.6 is 0 Å². The molecule has 2 aliphatic carbocycles. The van der Waals surface area contributed by atoms with Gasteiger partial charge in [-0.3, -0.25) is 10.5 Å². The van der Waals surface area contributed by atoms with Gasteiger partial charge in [0.1, 0.15) is 0 Å². The average molecular weight is 344 g/mol. The third-order valence-electron chi connectivity index (χ3n) is 5.96. The second kappa shape index (κ2) is 5.84. The van der Waals surface area contributed by atoms with Gasteiger partial charge in [-0.1, -0.05) is 57.5 Å². The van der Waals surface area contributed by atoms with E-state index in [1.54, 1.807) is 0 Å². The molecule has 0 saturated carbocycles. The zero-order valence-corrected chi connectivity index (χ0v) is 16.1. The monoisotopic (exact) mass is 344 g/mol. The van der Waals surface area contributed by atoms with E-state index in [0.717, 1.165) is 31.2 Å². The van der Waals surface area contributed by atoms with Crippen molar-refractivity contribution < 1.29 is 4.79 Å². The summed E-state index contributed by atoms with van der Waals surface area (Å²) in [5.41, 5.74) is 18.8. The van der Waals surface area contributed by atoms with Crippen LogP contribution in [0.2, 0.25) is 0 Å². The third-order valence-corrected chi connectivity index (χ3v) is 5.96. The lowest BCUT2D eigenvalue weighted by Gasteiger charge is -2.28. The van der Waals surface area contributed by atoms with Crippen LogP contribution in [-0.2, 0) is 24.7 Å². The molecule has 0 aliphatic heterocycles. The van der Waals surface area contributed by atoms with Crippen LogP contribution in [0.1, 0.15) is 72.3 Å². The molecule has 0 bridgehead atoms. The summed E-state index contributed by atoms with van der Waals surface area (Å²) in [6, 6.07) is 8.66. The minimum atomic E-state index is -0.559. The van der Waals surface area contributed by atoms with Gasteiger partial charge >= 0.3 is 0 Å². The van der Waals surface area contributed by atoms with E-state index in [1.807, 2.05) is 6.07 Å². The Bertz CT molecular complexity index is 957. The molecule has 0 fully saturated rings. The molecule has 26 heavy (non-hydrogen) atoms. The van der Waals surface area contributed by atoms with Crippen molar-refractivity contribution in [3.05, 3.63) is 63.2 Å². The van der Waals surface area contributed by atoms with Gasteiger partial charge in [0, 0.05) is 5.56 Å². The van der Waals surface area contributed by atoms with Crippen molar-refractivity contribution in [3.63, 3.8) is 0 Å². The first-order valence-corrected chi connectivity index (χ1v) is 9.57. The fraction of sp³-hybridized carbons (Fsp3) is 0.375. The molecule has 0 unspecified atom stereocenters. The number of allylic oxidation sites excluding steroid dienone is 1. The number of carbonyl (C=O) groups is 1. The van der Waals surface area contributed by atoms with Crippen LogP contribution in [0.5, 0.6) is 0 Å². The number of carbonyl (C=O) groups excluding carboxylic acids is 1. The predicted molar refractivity (Wildman–Crippen MR) is 107 cm³/mol. The highest BCUT2D eigenvalue weighted by atomic mass is 16.1. The summed E-state index contributed by atoms with van der Waals surface area (Å²) in [6.45, 7) is 9.01. The second-order valence-electron chi connectivity index (χ2n) is 8.62. The molecule has 0 aromatic heterocycles. The molecule has 133 valence electrons. The highest BCUT2D eigenvalue weighted by Gasteiger charge is 2.28. The van der Waals surface area contributed by atoms with Crippen molar-refractivity contribution in [2.75, 3.05) is 0 Å². The summed E-state index contributed by atoms with van der Waals surface area (Å²) in [7, 11) is 0. The van der Waals surface area contributed by atoms with Gasteiger partial charge in [-0.15, -0.1) is 0 Å². The van der Waals surface area contributed by atoms with Gasteiger partial charge in [-0.2, -0.15) is 0 Å². The van der Waals surface area contributed by atoms with Gasteiger partial charge in [0.05, 0.1) is 0 Å². The van der Waals surface area contributed by atoms with Crippen molar-refractivity contribution in [2.24, 2.45) is 0 Å². The summed E-state index contributed by atoms with van der Waals surface area (Å²) in [6.07, 6.45) is 6.40. The number of hydrogen-bond donors (Lipinski definition) is 0. The van der Waals surface area contributed by atoms with E-state index in [0.29, 0.717) is 5.56 Å². The topological polar surface area (TPSA) is 40.9 Å². The minimum Gasteiger partial charge on any atom is -0.267 e. The molecular formula is C24H26NO. The van der Waals surface area contributed by atoms with E-state index in [2.05, 4.69) is 52.0 Å². The van der Waals surface area contributed by atoms with Crippen LogP contribution in [0.15, 0.2) is 29.8 Å². The molecule has 2 nitrogen and oxygen atoms in total. The van der Waals surface area contributed by atoms with Crippen LogP contribution in [0.3, 0.4) is 0 Å². The van der Waals surface area contributed by atoms with Crippen LogP contribution in [0.4, 0.5) is 0 Å². The fourth-order valence-corrected chi connectivity index (χ4v) is 4.22. The summed E-state index contributed by atoms with van der Waals surface area (Å²) >= 11 is 0. The summed E-state index contributed by atoms with van der Waals surface area (Å²) in [5.74, 6) is -0.559. The lowest BCUT2D eigenvalue weighted by Crippen LogP contribution is -2.18. The number of amides is 1. The molecule has 1 N–H and O–H groups in total. The number of fused-ring (bicyclic) bond motifs is 2. The Labute approximate surface area is 156 Å². The summed E-state index contributed by atoms with van der Waals surface area (Å²) < 4.78 is 0. The van der Waals surface area contributed by atoms with Crippen molar-refractivity contribution >= 4 is 12.0 Å². The molecular weight excluding hydrogens is 318 g/mol. The van der Waals surface area contributed by atoms with Crippen molar-refractivity contribution in [1.82, 2.24) is 5.73 Å². The second-order valence-corrected chi connectivity index (χ2v) is 8.62. The Balaban J connectivity index is 1.93. The maximum atomic E-state index is 11.6. The molecule has 2 aliphatic rings. The quantitative estimate of drug-likeness (QED) is 0.722. The average Bonchev–Trinajstić information content (AvgIpc) is 2.96.